The summed E-state index contributed by atoms with van der Waals surface area (Å²) in [5, 5.41) is 0.980. The molecule has 4 rings (SSSR count). The van der Waals surface area contributed by atoms with Gasteiger partial charge in [0.15, 0.2) is 0 Å². The Morgan fingerprint density at radius 1 is 1.16 bits per heavy atom. The predicted molar refractivity (Wildman–Crippen MR) is 126 cm³/mol. The van der Waals surface area contributed by atoms with Gasteiger partial charge in [-0.05, 0) is 60.5 Å². The zero-order valence-electron chi connectivity index (χ0n) is 17.6. The maximum atomic E-state index is 12.0. The Balaban J connectivity index is 1.63. The van der Waals surface area contributed by atoms with Gasteiger partial charge in [0.25, 0.3) is 0 Å². The third kappa shape index (κ3) is 5.00. The summed E-state index contributed by atoms with van der Waals surface area (Å²) in [6, 6.07) is 15.5. The van der Waals surface area contributed by atoms with Gasteiger partial charge in [-0.1, -0.05) is 22.0 Å². The largest absolute Gasteiger partial charge is 0.489 e. The molecular formula is C25H23BrN2O4. The van der Waals surface area contributed by atoms with Crippen LogP contribution in [0.15, 0.2) is 69.9 Å². The van der Waals surface area contributed by atoms with Crippen LogP contribution in [-0.2, 0) is 29.1 Å². The SMILES string of the molecule is CCOC(=O)Cc1ccc(Br)cc1OCc1cc(-c2ccnc(CN)c2)c2occc2c1. The van der Waals surface area contributed by atoms with Crippen LogP contribution in [0.3, 0.4) is 0 Å². The van der Waals surface area contributed by atoms with E-state index in [2.05, 4.69) is 20.9 Å². The van der Waals surface area contributed by atoms with E-state index < -0.39 is 0 Å². The van der Waals surface area contributed by atoms with Gasteiger partial charge in [0.2, 0.25) is 0 Å². The lowest BCUT2D eigenvalue weighted by atomic mass is 10.0. The zero-order chi connectivity index (χ0) is 22.5. The number of hydrogen-bond acceptors (Lipinski definition) is 6. The Morgan fingerprint density at radius 3 is 2.84 bits per heavy atom. The molecule has 0 saturated heterocycles. The first-order chi connectivity index (χ1) is 15.6. The first-order valence-corrected chi connectivity index (χ1v) is 11.1. The van der Waals surface area contributed by atoms with E-state index in [4.69, 9.17) is 19.6 Å². The van der Waals surface area contributed by atoms with E-state index in [1.807, 2.05) is 48.5 Å². The summed E-state index contributed by atoms with van der Waals surface area (Å²) in [6.07, 6.45) is 3.58. The number of nitrogens with two attached hydrogens (primary N) is 1. The van der Waals surface area contributed by atoms with E-state index in [-0.39, 0.29) is 12.4 Å². The van der Waals surface area contributed by atoms with Crippen LogP contribution in [-0.4, -0.2) is 17.6 Å². The van der Waals surface area contributed by atoms with Crippen LogP contribution in [0.1, 0.15) is 23.7 Å². The number of pyridine rings is 1. The Morgan fingerprint density at radius 2 is 2.03 bits per heavy atom. The van der Waals surface area contributed by atoms with E-state index in [0.29, 0.717) is 25.5 Å². The van der Waals surface area contributed by atoms with Crippen molar-refractivity contribution in [3.05, 3.63) is 82.3 Å². The Hall–Kier alpha value is -3.16. The monoisotopic (exact) mass is 494 g/mol. The molecule has 2 heterocycles. The fourth-order valence-corrected chi connectivity index (χ4v) is 3.88. The van der Waals surface area contributed by atoms with Gasteiger partial charge in [0, 0.05) is 33.7 Å². The molecule has 32 heavy (non-hydrogen) atoms. The Bertz CT molecular complexity index is 1250. The second-order valence-corrected chi connectivity index (χ2v) is 8.16. The number of nitrogens with zero attached hydrogens (tertiary/aromatic N) is 1. The van der Waals surface area contributed by atoms with Gasteiger partial charge >= 0.3 is 5.97 Å². The van der Waals surface area contributed by atoms with Crippen molar-refractivity contribution in [2.24, 2.45) is 5.73 Å². The maximum Gasteiger partial charge on any atom is 0.310 e. The Kier molecular flexibility index (Phi) is 6.87. The van der Waals surface area contributed by atoms with E-state index in [1.54, 1.807) is 19.4 Å². The molecular weight excluding hydrogens is 472 g/mol. The molecule has 0 bridgehead atoms. The summed E-state index contributed by atoms with van der Waals surface area (Å²) in [5.41, 5.74) is 11.1. The maximum absolute atomic E-state index is 12.0. The summed E-state index contributed by atoms with van der Waals surface area (Å²) >= 11 is 3.48. The number of halogens is 1. The minimum atomic E-state index is -0.282. The van der Waals surface area contributed by atoms with Crippen LogP contribution in [0.4, 0.5) is 0 Å². The Labute approximate surface area is 194 Å². The quantitative estimate of drug-likeness (QED) is 0.330. The van der Waals surface area contributed by atoms with Gasteiger partial charge in [0.05, 0.1) is 25.0 Å². The summed E-state index contributed by atoms with van der Waals surface area (Å²) in [6.45, 7) is 2.83. The highest BCUT2D eigenvalue weighted by Crippen LogP contribution is 2.32. The molecule has 0 aliphatic rings. The van der Waals surface area contributed by atoms with Crippen molar-refractivity contribution in [3.8, 4) is 16.9 Å². The van der Waals surface area contributed by atoms with Gasteiger partial charge in [-0.15, -0.1) is 0 Å². The van der Waals surface area contributed by atoms with Crippen LogP contribution >= 0.6 is 15.9 Å². The number of hydrogen-bond donors (Lipinski definition) is 1. The van der Waals surface area contributed by atoms with Gasteiger partial charge in [-0.2, -0.15) is 0 Å². The van der Waals surface area contributed by atoms with Crippen LogP contribution in [0.5, 0.6) is 5.75 Å². The average Bonchev–Trinajstić information content (AvgIpc) is 3.27. The topological polar surface area (TPSA) is 87.6 Å². The number of fused-ring (bicyclic) bond motifs is 1. The number of aromatic nitrogens is 1. The molecule has 7 heteroatoms. The summed E-state index contributed by atoms with van der Waals surface area (Å²) in [5.74, 6) is 0.353. The van der Waals surface area contributed by atoms with Gasteiger partial charge < -0.3 is 19.6 Å². The first kappa shape index (κ1) is 22.0. The molecule has 4 aromatic rings. The number of carbonyl (C=O) groups excluding carboxylic acids is 1. The van der Waals surface area contributed by atoms with Crippen molar-refractivity contribution >= 4 is 32.9 Å². The summed E-state index contributed by atoms with van der Waals surface area (Å²) in [7, 11) is 0. The number of carbonyl (C=O) groups is 1. The molecule has 0 spiro atoms. The molecule has 0 amide bonds. The molecule has 0 aliphatic heterocycles. The molecule has 0 atom stereocenters. The van der Waals surface area contributed by atoms with Crippen molar-refractivity contribution in [1.29, 1.82) is 0 Å². The van der Waals surface area contributed by atoms with Crippen LogP contribution in [0.2, 0.25) is 0 Å². The van der Waals surface area contributed by atoms with Crippen molar-refractivity contribution in [3.63, 3.8) is 0 Å². The summed E-state index contributed by atoms with van der Waals surface area (Å²) in [4.78, 5) is 16.3. The van der Waals surface area contributed by atoms with Crippen molar-refractivity contribution < 1.29 is 18.7 Å². The van der Waals surface area contributed by atoms with Gasteiger partial charge in [-0.3, -0.25) is 9.78 Å². The second kappa shape index (κ2) is 9.97. The number of esters is 1. The van der Waals surface area contributed by atoms with Gasteiger partial charge in [-0.25, -0.2) is 0 Å². The molecule has 0 unspecified atom stereocenters. The minimum Gasteiger partial charge on any atom is -0.489 e. The van der Waals surface area contributed by atoms with Crippen molar-refractivity contribution in [2.45, 2.75) is 26.5 Å². The van der Waals surface area contributed by atoms with Crippen LogP contribution < -0.4 is 10.5 Å². The average molecular weight is 495 g/mol. The zero-order valence-corrected chi connectivity index (χ0v) is 19.2. The fraction of sp³-hybridized carbons (Fsp3) is 0.200. The molecule has 164 valence electrons. The molecule has 0 fully saturated rings. The van der Waals surface area contributed by atoms with E-state index in [0.717, 1.165) is 43.4 Å². The highest BCUT2D eigenvalue weighted by molar-refractivity contribution is 9.10. The lowest BCUT2D eigenvalue weighted by molar-refractivity contribution is -0.142. The summed E-state index contributed by atoms with van der Waals surface area (Å²) < 4.78 is 17.8. The van der Waals surface area contributed by atoms with Crippen molar-refractivity contribution in [1.82, 2.24) is 4.98 Å². The van der Waals surface area contributed by atoms with E-state index in [9.17, 15) is 4.79 Å². The number of rotatable bonds is 8. The third-order valence-electron chi connectivity index (χ3n) is 5.01. The molecule has 6 nitrogen and oxygen atoms in total. The van der Waals surface area contributed by atoms with Crippen molar-refractivity contribution in [2.75, 3.05) is 6.61 Å². The minimum absolute atomic E-state index is 0.154. The fourth-order valence-electron chi connectivity index (χ4n) is 3.54. The lowest BCUT2D eigenvalue weighted by Gasteiger charge is -2.13. The van der Waals surface area contributed by atoms with E-state index in [1.165, 1.54) is 0 Å². The lowest BCUT2D eigenvalue weighted by Crippen LogP contribution is -2.09. The molecule has 2 aromatic heterocycles. The third-order valence-corrected chi connectivity index (χ3v) is 5.50. The molecule has 2 aromatic carbocycles. The van der Waals surface area contributed by atoms with Crippen LogP contribution in [0, 0.1) is 0 Å². The molecule has 0 saturated carbocycles. The first-order valence-electron chi connectivity index (χ1n) is 10.3. The number of furan rings is 1. The molecule has 0 aliphatic carbocycles. The van der Waals surface area contributed by atoms with Gasteiger partial charge in [0.1, 0.15) is 17.9 Å². The number of ether oxygens (including phenoxy) is 2. The molecule has 0 radical (unpaired) electrons. The predicted octanol–water partition coefficient (Wildman–Crippen LogP) is 5.40. The van der Waals surface area contributed by atoms with E-state index >= 15 is 0 Å². The standard InChI is InChI=1S/C25H23BrN2O4/c1-2-30-24(29)12-18-3-4-20(26)13-23(18)32-15-16-9-19-6-8-31-25(19)22(10-16)17-5-7-28-21(11-17)14-27/h3-11,13H,2,12,14-15,27H2,1H3. The number of benzene rings is 2. The highest BCUT2D eigenvalue weighted by atomic mass is 79.9. The van der Waals surface area contributed by atoms with Crippen LogP contribution in [0.25, 0.3) is 22.1 Å². The second-order valence-electron chi connectivity index (χ2n) is 7.24. The molecule has 2 N–H and O–H groups in total. The normalized spacial score (nSPS) is 11.0. The smallest absolute Gasteiger partial charge is 0.310 e. The highest BCUT2D eigenvalue weighted by Gasteiger charge is 2.14.